The van der Waals surface area contributed by atoms with Crippen LogP contribution in [0, 0.1) is 6.92 Å². The van der Waals surface area contributed by atoms with Gasteiger partial charge >= 0.3 is 0 Å². The molecule has 0 bridgehead atoms. The Hall–Kier alpha value is -2.36. The number of nitrogen functional groups attached to an aromatic ring is 1. The van der Waals surface area contributed by atoms with Gasteiger partial charge in [0.15, 0.2) is 0 Å². The third-order valence-corrected chi connectivity index (χ3v) is 3.44. The highest BCUT2D eigenvalue weighted by Crippen LogP contribution is 2.29. The number of nitrogens with two attached hydrogens (primary N) is 1. The van der Waals surface area contributed by atoms with E-state index in [1.54, 1.807) is 17.2 Å². The fourth-order valence-electron chi connectivity index (χ4n) is 2.45. The summed E-state index contributed by atoms with van der Waals surface area (Å²) in [5.74, 6) is -0.0741. The van der Waals surface area contributed by atoms with Crippen LogP contribution in [-0.2, 0) is 6.42 Å². The van der Waals surface area contributed by atoms with Gasteiger partial charge in [0.05, 0.1) is 5.56 Å². The molecule has 0 atom stereocenters. The molecule has 4 nitrogen and oxygen atoms in total. The number of anilines is 2. The maximum atomic E-state index is 12.5. The van der Waals surface area contributed by atoms with Crippen molar-refractivity contribution in [2.24, 2.45) is 0 Å². The molecule has 2 N–H and O–H groups in total. The first-order chi connectivity index (χ1) is 9.16. The first-order valence-corrected chi connectivity index (χ1v) is 6.28. The van der Waals surface area contributed by atoms with Crippen molar-refractivity contribution in [3.63, 3.8) is 0 Å². The number of carbonyl (C=O) groups excluding carboxylic acids is 1. The van der Waals surface area contributed by atoms with Crippen molar-refractivity contribution in [2.45, 2.75) is 13.3 Å². The van der Waals surface area contributed by atoms with E-state index >= 15 is 0 Å². The summed E-state index contributed by atoms with van der Waals surface area (Å²) < 4.78 is 0. The molecule has 1 aromatic heterocycles. The van der Waals surface area contributed by atoms with E-state index in [0.717, 1.165) is 17.8 Å². The molecule has 96 valence electrons. The van der Waals surface area contributed by atoms with Crippen molar-refractivity contribution >= 4 is 17.3 Å². The standard InChI is InChI=1S/C15H15N3O/c1-10-8-13(16)12(9-17-10)15(19)18-7-6-11-4-2-3-5-14(11)18/h2-5,8-9H,6-7H2,1H3,(H2,16,17). The van der Waals surface area contributed by atoms with E-state index in [-0.39, 0.29) is 5.91 Å². The predicted molar refractivity (Wildman–Crippen MR) is 75.2 cm³/mol. The smallest absolute Gasteiger partial charge is 0.261 e. The summed E-state index contributed by atoms with van der Waals surface area (Å²) in [5.41, 5.74) is 9.88. The number of benzene rings is 1. The minimum Gasteiger partial charge on any atom is -0.398 e. The summed E-state index contributed by atoms with van der Waals surface area (Å²) in [5, 5.41) is 0. The van der Waals surface area contributed by atoms with Crippen LogP contribution in [0.3, 0.4) is 0 Å². The Morgan fingerprint density at radius 1 is 1.37 bits per heavy atom. The van der Waals surface area contributed by atoms with E-state index in [1.165, 1.54) is 5.56 Å². The van der Waals surface area contributed by atoms with Gasteiger partial charge in [0.1, 0.15) is 0 Å². The molecule has 4 heteroatoms. The number of carbonyl (C=O) groups is 1. The first kappa shape index (κ1) is 11.7. The lowest BCUT2D eigenvalue weighted by molar-refractivity contribution is 0.0990. The minimum absolute atomic E-state index is 0.0741. The van der Waals surface area contributed by atoms with E-state index in [1.807, 2.05) is 25.1 Å². The van der Waals surface area contributed by atoms with E-state index in [4.69, 9.17) is 5.73 Å². The molecule has 0 saturated heterocycles. The Bertz CT molecular complexity index is 652. The largest absolute Gasteiger partial charge is 0.398 e. The summed E-state index contributed by atoms with van der Waals surface area (Å²) in [4.78, 5) is 18.5. The Labute approximate surface area is 111 Å². The molecule has 1 aliphatic rings. The molecule has 0 fully saturated rings. The highest BCUT2D eigenvalue weighted by molar-refractivity contribution is 6.10. The molecule has 0 radical (unpaired) electrons. The quantitative estimate of drug-likeness (QED) is 0.847. The lowest BCUT2D eigenvalue weighted by atomic mass is 10.1. The molecule has 0 unspecified atom stereocenters. The van der Waals surface area contributed by atoms with Crippen LogP contribution in [0.25, 0.3) is 0 Å². The van der Waals surface area contributed by atoms with Crippen molar-refractivity contribution in [3.05, 3.63) is 53.3 Å². The second kappa shape index (κ2) is 4.39. The molecule has 2 heterocycles. The van der Waals surface area contributed by atoms with Gasteiger partial charge in [-0.05, 0) is 31.0 Å². The third kappa shape index (κ3) is 1.95. The second-order valence-electron chi connectivity index (χ2n) is 4.75. The summed E-state index contributed by atoms with van der Waals surface area (Å²) in [7, 11) is 0. The number of aromatic nitrogens is 1. The molecular formula is C15H15N3O. The number of hydrogen-bond donors (Lipinski definition) is 1. The van der Waals surface area contributed by atoms with Crippen molar-refractivity contribution in [2.75, 3.05) is 17.2 Å². The van der Waals surface area contributed by atoms with Crippen molar-refractivity contribution in [1.82, 2.24) is 4.98 Å². The summed E-state index contributed by atoms with van der Waals surface area (Å²) >= 11 is 0. The number of para-hydroxylation sites is 1. The third-order valence-electron chi connectivity index (χ3n) is 3.44. The maximum absolute atomic E-state index is 12.5. The number of aryl methyl sites for hydroxylation is 1. The Morgan fingerprint density at radius 3 is 2.95 bits per heavy atom. The highest BCUT2D eigenvalue weighted by Gasteiger charge is 2.26. The molecule has 1 aliphatic heterocycles. The van der Waals surface area contributed by atoms with Crippen LogP contribution >= 0.6 is 0 Å². The van der Waals surface area contributed by atoms with Crippen molar-refractivity contribution in [1.29, 1.82) is 0 Å². The van der Waals surface area contributed by atoms with Crippen molar-refractivity contribution in [3.8, 4) is 0 Å². The molecule has 0 spiro atoms. The van der Waals surface area contributed by atoms with Gasteiger partial charge in [-0.3, -0.25) is 9.78 Å². The van der Waals surface area contributed by atoms with Gasteiger partial charge in [-0.1, -0.05) is 18.2 Å². The maximum Gasteiger partial charge on any atom is 0.261 e. The monoisotopic (exact) mass is 253 g/mol. The zero-order chi connectivity index (χ0) is 13.4. The summed E-state index contributed by atoms with van der Waals surface area (Å²) in [6, 6.07) is 9.70. The molecular weight excluding hydrogens is 238 g/mol. The van der Waals surface area contributed by atoms with Gasteiger partial charge in [-0.2, -0.15) is 0 Å². The average Bonchev–Trinajstić information content (AvgIpc) is 2.82. The predicted octanol–water partition coefficient (Wildman–Crippen LogP) is 2.18. The molecule has 3 rings (SSSR count). The van der Waals surface area contributed by atoms with E-state index in [0.29, 0.717) is 17.8 Å². The molecule has 2 aromatic rings. The number of fused-ring (bicyclic) bond motifs is 1. The normalized spacial score (nSPS) is 13.4. The molecule has 19 heavy (non-hydrogen) atoms. The number of amides is 1. The Kier molecular flexibility index (Phi) is 2.71. The van der Waals surface area contributed by atoms with Crippen LogP contribution < -0.4 is 10.6 Å². The van der Waals surface area contributed by atoms with Gasteiger partial charge in [0, 0.05) is 29.8 Å². The SMILES string of the molecule is Cc1cc(N)c(C(=O)N2CCc3ccccc32)cn1. The van der Waals surface area contributed by atoms with Crippen molar-refractivity contribution < 1.29 is 4.79 Å². The van der Waals surface area contributed by atoms with Gasteiger partial charge in [-0.25, -0.2) is 0 Å². The number of hydrogen-bond acceptors (Lipinski definition) is 3. The fraction of sp³-hybridized carbons (Fsp3) is 0.200. The van der Waals surface area contributed by atoms with Crippen LogP contribution in [0.15, 0.2) is 36.5 Å². The Morgan fingerprint density at radius 2 is 2.16 bits per heavy atom. The Balaban J connectivity index is 1.98. The number of nitrogens with zero attached hydrogens (tertiary/aromatic N) is 2. The van der Waals surface area contributed by atoms with Crippen LogP contribution in [0.1, 0.15) is 21.6 Å². The topological polar surface area (TPSA) is 59.2 Å². The lowest BCUT2D eigenvalue weighted by Gasteiger charge is -2.18. The van der Waals surface area contributed by atoms with E-state index < -0.39 is 0 Å². The average molecular weight is 253 g/mol. The molecule has 0 aliphatic carbocycles. The molecule has 1 amide bonds. The summed E-state index contributed by atoms with van der Waals surface area (Å²) in [6.45, 7) is 2.56. The molecule has 0 saturated carbocycles. The van der Waals surface area contributed by atoms with Crippen LogP contribution in [0.5, 0.6) is 0 Å². The second-order valence-corrected chi connectivity index (χ2v) is 4.75. The number of rotatable bonds is 1. The van der Waals surface area contributed by atoms with Crippen LogP contribution in [-0.4, -0.2) is 17.4 Å². The van der Waals surface area contributed by atoms with Gasteiger partial charge in [0.25, 0.3) is 5.91 Å². The van der Waals surface area contributed by atoms with Gasteiger partial charge in [-0.15, -0.1) is 0 Å². The van der Waals surface area contributed by atoms with Crippen LogP contribution in [0.2, 0.25) is 0 Å². The molecule has 1 aromatic carbocycles. The first-order valence-electron chi connectivity index (χ1n) is 6.28. The van der Waals surface area contributed by atoms with Gasteiger partial charge in [0.2, 0.25) is 0 Å². The van der Waals surface area contributed by atoms with E-state index in [2.05, 4.69) is 11.1 Å². The zero-order valence-corrected chi connectivity index (χ0v) is 10.8. The summed E-state index contributed by atoms with van der Waals surface area (Å²) in [6.07, 6.45) is 2.45. The lowest BCUT2D eigenvalue weighted by Crippen LogP contribution is -2.29. The van der Waals surface area contributed by atoms with E-state index in [9.17, 15) is 4.79 Å². The minimum atomic E-state index is -0.0741. The highest BCUT2D eigenvalue weighted by atomic mass is 16.2. The zero-order valence-electron chi connectivity index (χ0n) is 10.8. The number of pyridine rings is 1. The van der Waals surface area contributed by atoms with Crippen LogP contribution in [0.4, 0.5) is 11.4 Å². The van der Waals surface area contributed by atoms with Gasteiger partial charge < -0.3 is 10.6 Å². The fourth-order valence-corrected chi connectivity index (χ4v) is 2.45.